The highest BCUT2D eigenvalue weighted by molar-refractivity contribution is 6.31. The molecule has 4 nitrogen and oxygen atoms in total. The van der Waals surface area contributed by atoms with E-state index in [0.717, 1.165) is 5.56 Å². The maximum Gasteiger partial charge on any atom is 0.261 e. The summed E-state index contributed by atoms with van der Waals surface area (Å²) in [5.41, 5.74) is 0.483. The normalized spacial score (nSPS) is 11.2. The number of benzene rings is 3. The van der Waals surface area contributed by atoms with E-state index in [1.807, 2.05) is 6.92 Å². The first-order chi connectivity index (χ1) is 14.7. The second-order valence-corrected chi connectivity index (χ2v) is 6.97. The van der Waals surface area contributed by atoms with Crippen molar-refractivity contribution in [2.75, 3.05) is 5.32 Å². The molecular weight excluding hydrogens is 443 g/mol. The second kappa shape index (κ2) is 7.66. The van der Waals surface area contributed by atoms with Crippen LogP contribution in [0.15, 0.2) is 40.8 Å². The number of fused-ring (bicyclic) bond motifs is 1. The number of nitrogens with one attached hydrogen (secondary N) is 1. The van der Waals surface area contributed by atoms with Gasteiger partial charge in [0.25, 0.3) is 5.91 Å². The molecule has 0 fully saturated rings. The molecule has 0 saturated heterocycles. The van der Waals surface area contributed by atoms with Crippen molar-refractivity contribution in [2.24, 2.45) is 0 Å². The molecule has 0 bridgehead atoms. The molecule has 0 aliphatic rings. The minimum absolute atomic E-state index is 0.00299. The summed E-state index contributed by atoms with van der Waals surface area (Å²) < 4.78 is 73.2. The third-order valence-corrected chi connectivity index (χ3v) is 4.91. The van der Waals surface area contributed by atoms with Crippen LogP contribution in [0.2, 0.25) is 5.02 Å². The van der Waals surface area contributed by atoms with Gasteiger partial charge >= 0.3 is 0 Å². The molecule has 1 heterocycles. The Balaban J connectivity index is 1.67. The molecule has 158 valence electrons. The second-order valence-electron chi connectivity index (χ2n) is 6.56. The first-order valence-corrected chi connectivity index (χ1v) is 9.05. The van der Waals surface area contributed by atoms with E-state index in [1.54, 1.807) is 18.2 Å². The summed E-state index contributed by atoms with van der Waals surface area (Å²) in [6, 6.07) is 9.26. The van der Waals surface area contributed by atoms with Crippen molar-refractivity contribution in [2.45, 2.75) is 6.92 Å². The van der Waals surface area contributed by atoms with Crippen LogP contribution in [-0.2, 0) is 0 Å². The maximum atomic E-state index is 13.8. The molecule has 0 aliphatic heterocycles. The van der Waals surface area contributed by atoms with Crippen LogP contribution in [0, 0.1) is 36.0 Å². The van der Waals surface area contributed by atoms with E-state index < -0.39 is 40.6 Å². The zero-order valence-corrected chi connectivity index (χ0v) is 16.3. The number of halogens is 6. The number of carbonyl (C=O) groups excluding carboxylic acids is 1. The fourth-order valence-corrected chi connectivity index (χ4v) is 3.03. The quantitative estimate of drug-likeness (QED) is 0.222. The van der Waals surface area contributed by atoms with E-state index in [9.17, 15) is 26.7 Å². The average Bonchev–Trinajstić information content (AvgIpc) is 3.16. The van der Waals surface area contributed by atoms with Gasteiger partial charge in [0.2, 0.25) is 11.7 Å². The molecule has 0 saturated carbocycles. The third kappa shape index (κ3) is 3.61. The number of oxazole rings is 1. The Bertz CT molecular complexity index is 1340. The lowest BCUT2D eigenvalue weighted by Gasteiger charge is -2.09. The number of amides is 1. The van der Waals surface area contributed by atoms with Gasteiger partial charge in [0.15, 0.2) is 28.9 Å². The van der Waals surface area contributed by atoms with E-state index in [2.05, 4.69) is 10.3 Å². The smallest absolute Gasteiger partial charge is 0.261 e. The summed E-state index contributed by atoms with van der Waals surface area (Å²) in [5.74, 6) is -12.5. The van der Waals surface area contributed by atoms with Crippen molar-refractivity contribution in [1.82, 2.24) is 4.98 Å². The Morgan fingerprint density at radius 1 is 0.935 bits per heavy atom. The van der Waals surface area contributed by atoms with Crippen LogP contribution in [-0.4, -0.2) is 10.9 Å². The van der Waals surface area contributed by atoms with Crippen LogP contribution in [0.1, 0.15) is 15.9 Å². The van der Waals surface area contributed by atoms with Gasteiger partial charge in [-0.15, -0.1) is 0 Å². The van der Waals surface area contributed by atoms with Crippen LogP contribution >= 0.6 is 11.6 Å². The van der Waals surface area contributed by atoms with Crippen LogP contribution in [0.25, 0.3) is 22.6 Å². The molecule has 4 rings (SSSR count). The van der Waals surface area contributed by atoms with Crippen molar-refractivity contribution in [1.29, 1.82) is 0 Å². The molecular formula is C21H10ClF5N2O2. The first kappa shape index (κ1) is 20.8. The van der Waals surface area contributed by atoms with Gasteiger partial charge in [0, 0.05) is 16.3 Å². The lowest BCUT2D eigenvalue weighted by molar-refractivity contribution is 0.101. The lowest BCUT2D eigenvalue weighted by atomic mass is 10.1. The zero-order chi connectivity index (χ0) is 22.4. The van der Waals surface area contributed by atoms with Crippen LogP contribution in [0.4, 0.5) is 27.6 Å². The van der Waals surface area contributed by atoms with E-state index in [4.69, 9.17) is 16.0 Å². The number of aromatic nitrogens is 1. The van der Waals surface area contributed by atoms with E-state index in [1.165, 1.54) is 18.2 Å². The maximum absolute atomic E-state index is 13.8. The number of rotatable bonds is 3. The summed E-state index contributed by atoms with van der Waals surface area (Å²) >= 11 is 6.11. The van der Waals surface area contributed by atoms with Crippen LogP contribution < -0.4 is 5.32 Å². The Kier molecular flexibility index (Phi) is 5.14. The monoisotopic (exact) mass is 452 g/mol. The van der Waals surface area contributed by atoms with E-state index in [0.29, 0.717) is 16.2 Å². The van der Waals surface area contributed by atoms with Gasteiger partial charge in [-0.2, -0.15) is 0 Å². The number of nitrogens with zero attached hydrogens (tertiary/aromatic N) is 1. The molecule has 1 N–H and O–H groups in total. The fourth-order valence-electron chi connectivity index (χ4n) is 2.85. The number of hydrogen-bond acceptors (Lipinski definition) is 3. The molecule has 10 heteroatoms. The zero-order valence-electron chi connectivity index (χ0n) is 15.5. The van der Waals surface area contributed by atoms with E-state index in [-0.39, 0.29) is 17.1 Å². The average molecular weight is 453 g/mol. The molecule has 1 aromatic heterocycles. The van der Waals surface area contributed by atoms with Crippen molar-refractivity contribution >= 4 is 34.3 Å². The van der Waals surface area contributed by atoms with Gasteiger partial charge in [-0.25, -0.2) is 26.9 Å². The Hall–Kier alpha value is -3.46. The fraction of sp³-hybridized carbons (Fsp3) is 0.0476. The Morgan fingerprint density at radius 2 is 1.58 bits per heavy atom. The number of aryl methyl sites for hydroxylation is 1. The Labute approximate surface area is 176 Å². The van der Waals surface area contributed by atoms with Crippen molar-refractivity contribution in [3.63, 3.8) is 0 Å². The highest BCUT2D eigenvalue weighted by Gasteiger charge is 2.29. The highest BCUT2D eigenvalue weighted by Crippen LogP contribution is 2.30. The highest BCUT2D eigenvalue weighted by atomic mass is 35.5. The summed E-state index contributed by atoms with van der Waals surface area (Å²) in [6.45, 7) is 1.83. The first-order valence-electron chi connectivity index (χ1n) is 8.67. The minimum Gasteiger partial charge on any atom is -0.436 e. The number of carbonyl (C=O) groups is 1. The number of anilines is 1. The van der Waals surface area contributed by atoms with Gasteiger partial charge in [0.05, 0.1) is 0 Å². The molecule has 1 amide bonds. The third-order valence-electron chi connectivity index (χ3n) is 4.50. The molecule has 0 unspecified atom stereocenters. The summed E-state index contributed by atoms with van der Waals surface area (Å²) in [5, 5.41) is 2.60. The minimum atomic E-state index is -2.35. The molecule has 0 aliphatic carbocycles. The SMILES string of the molecule is Cc1ccc(-c2nc3cc(NC(=O)c4c(F)c(F)c(F)c(F)c4F)ccc3o2)cc1Cl. The standard InChI is InChI=1S/C21H10ClF5N2O2/c1-8-2-3-9(6-11(8)22)21-29-12-7-10(4-5-13(12)31-21)28-20(30)14-15(23)17(25)19(27)18(26)16(14)24/h2-7H,1H3,(H,28,30). The molecule has 0 spiro atoms. The van der Waals surface area contributed by atoms with E-state index >= 15 is 0 Å². The predicted molar refractivity (Wildman–Crippen MR) is 103 cm³/mol. The van der Waals surface area contributed by atoms with Crippen molar-refractivity contribution in [3.8, 4) is 11.5 Å². The topological polar surface area (TPSA) is 55.1 Å². The van der Waals surface area contributed by atoms with Gasteiger partial charge in [-0.1, -0.05) is 17.7 Å². The summed E-state index contributed by atoms with van der Waals surface area (Å²) in [6.07, 6.45) is 0. The van der Waals surface area contributed by atoms with Gasteiger partial charge in [-0.05, 0) is 42.8 Å². The van der Waals surface area contributed by atoms with Gasteiger partial charge < -0.3 is 9.73 Å². The molecule has 0 radical (unpaired) electrons. The van der Waals surface area contributed by atoms with Crippen LogP contribution in [0.5, 0.6) is 0 Å². The van der Waals surface area contributed by atoms with Crippen molar-refractivity contribution in [3.05, 3.63) is 81.6 Å². The largest absolute Gasteiger partial charge is 0.436 e. The molecule has 31 heavy (non-hydrogen) atoms. The van der Waals surface area contributed by atoms with Gasteiger partial charge in [0.1, 0.15) is 11.1 Å². The van der Waals surface area contributed by atoms with Crippen molar-refractivity contribution < 1.29 is 31.2 Å². The number of hydrogen-bond donors (Lipinski definition) is 1. The Morgan fingerprint density at radius 3 is 2.23 bits per heavy atom. The van der Waals surface area contributed by atoms with Crippen LogP contribution in [0.3, 0.4) is 0 Å². The summed E-state index contributed by atoms with van der Waals surface area (Å²) in [4.78, 5) is 16.5. The lowest BCUT2D eigenvalue weighted by Crippen LogP contribution is -2.19. The van der Waals surface area contributed by atoms with Gasteiger partial charge in [-0.3, -0.25) is 4.79 Å². The molecule has 3 aromatic carbocycles. The summed E-state index contributed by atoms with van der Waals surface area (Å²) in [7, 11) is 0. The molecule has 0 atom stereocenters. The molecule has 4 aromatic rings. The predicted octanol–water partition coefficient (Wildman–Crippen LogP) is 6.40.